The topological polar surface area (TPSA) is 97.7 Å². The normalized spacial score (nSPS) is 45.9. The predicted octanol–water partition coefficient (Wildman–Crippen LogP) is 2.42. The van der Waals surface area contributed by atoms with E-state index in [1.165, 1.54) is 6.92 Å². The highest BCUT2D eigenvalue weighted by Gasteiger charge is 2.68. The van der Waals surface area contributed by atoms with Crippen molar-refractivity contribution in [1.29, 1.82) is 0 Å². The van der Waals surface area contributed by atoms with E-state index in [2.05, 4.69) is 6.92 Å². The van der Waals surface area contributed by atoms with Crippen LogP contribution in [-0.4, -0.2) is 40.6 Å². The van der Waals surface area contributed by atoms with Crippen LogP contribution in [0, 0.1) is 34.5 Å². The molecule has 7 atom stereocenters. The van der Waals surface area contributed by atoms with Gasteiger partial charge in [0, 0.05) is 31.1 Å². The molecule has 0 aromatic rings. The van der Waals surface area contributed by atoms with Gasteiger partial charge in [0.05, 0.1) is 0 Å². The number of ether oxygens (including phenoxy) is 1. The summed E-state index contributed by atoms with van der Waals surface area (Å²) in [6.07, 6.45) is 6.92. The number of hydrogen-bond acceptors (Lipinski definition) is 6. The van der Waals surface area contributed by atoms with E-state index in [0.717, 1.165) is 12.8 Å². The van der Waals surface area contributed by atoms with Gasteiger partial charge in [0.15, 0.2) is 12.4 Å². The highest BCUT2D eigenvalue weighted by Crippen LogP contribution is 2.66. The second-order valence-corrected chi connectivity index (χ2v) is 10.1. The molecule has 0 aromatic heterocycles. The van der Waals surface area contributed by atoms with E-state index in [9.17, 15) is 24.3 Å². The van der Waals surface area contributed by atoms with E-state index < -0.39 is 29.4 Å². The number of allylic oxidation sites excluding steroid dienone is 2. The number of ketones is 3. The number of fused-ring (bicyclic) bond motifs is 5. The summed E-state index contributed by atoms with van der Waals surface area (Å²) < 4.78 is 4.86. The lowest BCUT2D eigenvalue weighted by Crippen LogP contribution is -2.61. The predicted molar refractivity (Wildman–Crippen MR) is 104 cm³/mol. The molecule has 0 aromatic carbocycles. The Morgan fingerprint density at radius 2 is 1.93 bits per heavy atom. The summed E-state index contributed by atoms with van der Waals surface area (Å²) in [5.74, 6) is -0.699. The molecule has 1 N–H and O–H groups in total. The van der Waals surface area contributed by atoms with Crippen LogP contribution in [0.3, 0.4) is 0 Å². The van der Waals surface area contributed by atoms with Crippen LogP contribution < -0.4 is 0 Å². The molecule has 0 amide bonds. The molecular formula is C23H30O6. The Labute approximate surface area is 171 Å². The monoisotopic (exact) mass is 402 g/mol. The smallest absolute Gasteiger partial charge is 0.303 e. The standard InChI is InChI=1S/C23H30O6/c1-13(24)29-12-19(27)23(28)9-7-17-16-5-4-14-10-15(25)6-8-21(14,2)20(16)18(26)11-22(17,23)3/h6,8,14,16-17,20,28H,4-5,7,9-12H2,1-3H3. The number of carbonyl (C=O) groups excluding carboxylic acids is 4. The molecule has 158 valence electrons. The molecule has 3 saturated carbocycles. The van der Waals surface area contributed by atoms with Crippen LogP contribution in [0.1, 0.15) is 59.3 Å². The van der Waals surface area contributed by atoms with Crippen LogP contribution in [0.15, 0.2) is 12.2 Å². The Kier molecular flexibility index (Phi) is 4.65. The minimum absolute atomic E-state index is 0.0558. The van der Waals surface area contributed by atoms with Gasteiger partial charge < -0.3 is 9.84 Å². The molecule has 6 heteroatoms. The van der Waals surface area contributed by atoms with Gasteiger partial charge in [-0.05, 0) is 54.9 Å². The average Bonchev–Trinajstić information content (AvgIpc) is 2.91. The number of esters is 1. The summed E-state index contributed by atoms with van der Waals surface area (Å²) in [6.45, 7) is 4.73. The number of aliphatic hydroxyl groups is 1. The first kappa shape index (κ1) is 20.5. The van der Waals surface area contributed by atoms with Crippen molar-refractivity contribution in [3.8, 4) is 0 Å². The second-order valence-electron chi connectivity index (χ2n) is 10.1. The quantitative estimate of drug-likeness (QED) is 0.728. The van der Waals surface area contributed by atoms with Crippen LogP contribution in [0.25, 0.3) is 0 Å². The first-order valence-corrected chi connectivity index (χ1v) is 10.7. The number of carbonyl (C=O) groups is 4. The van der Waals surface area contributed by atoms with Gasteiger partial charge in [0.1, 0.15) is 11.4 Å². The fourth-order valence-corrected chi connectivity index (χ4v) is 7.21. The third-order valence-corrected chi connectivity index (χ3v) is 8.76. The van der Waals surface area contributed by atoms with E-state index in [1.807, 2.05) is 13.0 Å². The Bertz CT molecular complexity index is 814. The SMILES string of the molecule is CC(=O)OCC(=O)C1(O)CCC2C3CCC4CC(=O)C=CC4(C)C3C(=O)CC21C. The highest BCUT2D eigenvalue weighted by molar-refractivity contribution is 5.94. The van der Waals surface area contributed by atoms with Crippen molar-refractivity contribution in [3.05, 3.63) is 12.2 Å². The third kappa shape index (κ3) is 2.78. The molecule has 0 saturated heterocycles. The van der Waals surface area contributed by atoms with E-state index in [0.29, 0.717) is 19.3 Å². The lowest BCUT2D eigenvalue weighted by atomic mass is 9.45. The van der Waals surface area contributed by atoms with Crippen LogP contribution in [-0.2, 0) is 23.9 Å². The molecule has 0 heterocycles. The fourth-order valence-electron chi connectivity index (χ4n) is 7.21. The van der Waals surface area contributed by atoms with Gasteiger partial charge in [0.25, 0.3) is 0 Å². The summed E-state index contributed by atoms with van der Waals surface area (Å²) in [7, 11) is 0. The van der Waals surface area contributed by atoms with Crippen LogP contribution in [0.5, 0.6) is 0 Å². The summed E-state index contributed by atoms with van der Waals surface area (Å²) in [5, 5.41) is 11.4. The summed E-state index contributed by atoms with van der Waals surface area (Å²) in [4.78, 5) is 49.4. The van der Waals surface area contributed by atoms with Gasteiger partial charge in [-0.3, -0.25) is 19.2 Å². The fraction of sp³-hybridized carbons (Fsp3) is 0.739. The zero-order valence-electron chi connectivity index (χ0n) is 17.4. The molecule has 0 aliphatic heterocycles. The summed E-state index contributed by atoms with van der Waals surface area (Å²) in [5.41, 5.74) is -2.83. The number of hydrogen-bond donors (Lipinski definition) is 1. The Morgan fingerprint density at radius 1 is 1.21 bits per heavy atom. The van der Waals surface area contributed by atoms with Crippen LogP contribution in [0.2, 0.25) is 0 Å². The average molecular weight is 402 g/mol. The maximum atomic E-state index is 13.5. The van der Waals surface area contributed by atoms with E-state index >= 15 is 0 Å². The molecule has 4 aliphatic rings. The van der Waals surface area contributed by atoms with Gasteiger partial charge in [-0.1, -0.05) is 19.9 Å². The number of rotatable bonds is 3. The highest BCUT2D eigenvalue weighted by atomic mass is 16.5. The first-order chi connectivity index (χ1) is 13.5. The minimum atomic E-state index is -1.65. The molecule has 4 aliphatic carbocycles. The Balaban J connectivity index is 1.66. The van der Waals surface area contributed by atoms with E-state index in [-0.39, 0.29) is 47.1 Å². The van der Waals surface area contributed by atoms with Gasteiger partial charge >= 0.3 is 5.97 Å². The molecule has 0 spiro atoms. The van der Waals surface area contributed by atoms with Gasteiger partial charge in [0.2, 0.25) is 5.78 Å². The molecule has 29 heavy (non-hydrogen) atoms. The Hall–Kier alpha value is -1.82. The number of Topliss-reactive ketones (excluding diaryl/α,β-unsaturated/α-hetero) is 2. The lowest BCUT2D eigenvalue weighted by molar-refractivity contribution is -0.176. The molecule has 7 unspecified atom stereocenters. The minimum Gasteiger partial charge on any atom is -0.458 e. The summed E-state index contributed by atoms with van der Waals surface area (Å²) in [6, 6.07) is 0. The van der Waals surface area contributed by atoms with Crippen molar-refractivity contribution in [1.82, 2.24) is 0 Å². The van der Waals surface area contributed by atoms with Crippen molar-refractivity contribution < 1.29 is 29.0 Å². The van der Waals surface area contributed by atoms with Gasteiger partial charge in [-0.15, -0.1) is 0 Å². The molecule has 6 nitrogen and oxygen atoms in total. The summed E-state index contributed by atoms with van der Waals surface area (Å²) >= 11 is 0. The molecule has 3 fully saturated rings. The van der Waals surface area contributed by atoms with Gasteiger partial charge in [-0.25, -0.2) is 0 Å². The zero-order valence-corrected chi connectivity index (χ0v) is 17.4. The van der Waals surface area contributed by atoms with Crippen molar-refractivity contribution in [2.24, 2.45) is 34.5 Å². The Morgan fingerprint density at radius 3 is 2.62 bits per heavy atom. The maximum Gasteiger partial charge on any atom is 0.303 e. The largest absolute Gasteiger partial charge is 0.458 e. The molecule has 0 bridgehead atoms. The van der Waals surface area contributed by atoms with Crippen LogP contribution in [0.4, 0.5) is 0 Å². The lowest BCUT2D eigenvalue weighted by Gasteiger charge is -2.58. The molecule has 0 radical (unpaired) electrons. The molecule has 4 rings (SSSR count). The zero-order chi connectivity index (χ0) is 21.2. The van der Waals surface area contributed by atoms with E-state index in [1.54, 1.807) is 6.08 Å². The molecular weight excluding hydrogens is 372 g/mol. The second kappa shape index (κ2) is 6.59. The van der Waals surface area contributed by atoms with Crippen LogP contribution >= 0.6 is 0 Å². The van der Waals surface area contributed by atoms with Crippen molar-refractivity contribution in [2.75, 3.05) is 6.61 Å². The van der Waals surface area contributed by atoms with Crippen molar-refractivity contribution in [2.45, 2.75) is 64.9 Å². The van der Waals surface area contributed by atoms with Gasteiger partial charge in [-0.2, -0.15) is 0 Å². The maximum absolute atomic E-state index is 13.5. The van der Waals surface area contributed by atoms with E-state index in [4.69, 9.17) is 4.74 Å². The third-order valence-electron chi connectivity index (χ3n) is 8.76. The first-order valence-electron chi connectivity index (χ1n) is 10.7. The van der Waals surface area contributed by atoms with Crippen molar-refractivity contribution >= 4 is 23.3 Å². The van der Waals surface area contributed by atoms with Crippen molar-refractivity contribution in [3.63, 3.8) is 0 Å².